The van der Waals surface area contributed by atoms with Crippen LogP contribution in [0.3, 0.4) is 0 Å². The monoisotopic (exact) mass is 200 g/mol. The average molecular weight is 200 g/mol. The Labute approximate surface area is 110 Å². The molecule has 60 valence electrons. The van der Waals surface area contributed by atoms with Crippen molar-refractivity contribution in [2.24, 2.45) is 0 Å². The largest absolute Gasteiger partial charge is 1.00 e. The summed E-state index contributed by atoms with van der Waals surface area (Å²) in [6.45, 7) is -3.41. The van der Waals surface area contributed by atoms with Crippen molar-refractivity contribution in [3.05, 3.63) is 18.2 Å². The van der Waals surface area contributed by atoms with E-state index < -0.39 is 12.4 Å². The third-order valence-electron chi connectivity index (χ3n) is 1.18. The van der Waals surface area contributed by atoms with Gasteiger partial charge in [0.15, 0.2) is 0 Å². The molecule has 7 heteroatoms. The Hall–Kier alpha value is 0.571. The van der Waals surface area contributed by atoms with Gasteiger partial charge in [0.1, 0.15) is 5.82 Å². The fourth-order valence-corrected chi connectivity index (χ4v) is 0.572. The molecule has 0 amide bonds. The predicted molar refractivity (Wildman–Crippen MR) is 35.5 cm³/mol. The summed E-state index contributed by atoms with van der Waals surface area (Å²) in [7, 11) is 0. The van der Waals surface area contributed by atoms with Crippen LogP contribution >= 0.6 is 0 Å². The van der Waals surface area contributed by atoms with Crippen molar-refractivity contribution in [3.63, 3.8) is 0 Å². The summed E-state index contributed by atoms with van der Waals surface area (Å²) in [5.74, 6) is 0.341. The number of hydrogen-bond acceptors (Lipinski definition) is 2. The maximum absolute atomic E-state index is 11.9. The van der Waals surface area contributed by atoms with E-state index in [1.807, 2.05) is 0 Å². The molecule has 1 aromatic heterocycles. The molecular formula is C5H5BF3KN2. The molecular weight excluding hydrogens is 195 g/mol. The molecule has 0 radical (unpaired) electrons. The van der Waals surface area contributed by atoms with Gasteiger partial charge in [-0.3, -0.25) is 0 Å². The normalized spacial score (nSPS) is 10.7. The summed E-state index contributed by atoms with van der Waals surface area (Å²) in [5.41, 5.74) is -0.754. The zero-order chi connectivity index (χ0) is 8.48. The van der Waals surface area contributed by atoms with Crippen molar-refractivity contribution in [2.75, 3.05) is 0 Å². The fourth-order valence-electron chi connectivity index (χ4n) is 0.572. The van der Waals surface area contributed by atoms with E-state index in [2.05, 4.69) is 9.97 Å². The van der Waals surface area contributed by atoms with E-state index in [0.717, 1.165) is 12.4 Å². The minimum Gasteiger partial charge on any atom is -0.445 e. The van der Waals surface area contributed by atoms with Crippen molar-refractivity contribution in [1.29, 1.82) is 0 Å². The van der Waals surface area contributed by atoms with E-state index >= 15 is 0 Å². The molecule has 0 fully saturated rings. The van der Waals surface area contributed by atoms with Crippen molar-refractivity contribution in [2.45, 2.75) is 6.92 Å². The van der Waals surface area contributed by atoms with Crippen LogP contribution < -0.4 is 56.8 Å². The van der Waals surface area contributed by atoms with Gasteiger partial charge in [-0.05, 0) is 6.92 Å². The van der Waals surface area contributed by atoms with Crippen LogP contribution in [0.25, 0.3) is 0 Å². The molecule has 0 aromatic carbocycles. The van der Waals surface area contributed by atoms with Gasteiger partial charge in [0.25, 0.3) is 0 Å². The Bertz CT molecular complexity index is 248. The van der Waals surface area contributed by atoms with Gasteiger partial charge in [-0.2, -0.15) is 0 Å². The molecule has 0 saturated carbocycles. The predicted octanol–water partition coefficient (Wildman–Crippen LogP) is -2.16. The summed E-state index contributed by atoms with van der Waals surface area (Å²) >= 11 is 0. The van der Waals surface area contributed by atoms with Crippen LogP contribution in [0.4, 0.5) is 12.9 Å². The molecule has 0 atom stereocenters. The molecule has 0 unspecified atom stereocenters. The number of halogens is 3. The molecule has 0 aliphatic heterocycles. The maximum atomic E-state index is 11.9. The second-order valence-electron chi connectivity index (χ2n) is 2.14. The van der Waals surface area contributed by atoms with Gasteiger partial charge in [0, 0.05) is 12.4 Å². The molecule has 0 N–H and O–H groups in total. The van der Waals surface area contributed by atoms with E-state index in [9.17, 15) is 12.9 Å². The summed E-state index contributed by atoms with van der Waals surface area (Å²) in [5, 5.41) is 0. The minimum absolute atomic E-state index is 0. The van der Waals surface area contributed by atoms with Crippen LogP contribution in [-0.2, 0) is 0 Å². The van der Waals surface area contributed by atoms with E-state index in [4.69, 9.17) is 0 Å². The van der Waals surface area contributed by atoms with Crippen LogP contribution in [0.5, 0.6) is 0 Å². The van der Waals surface area contributed by atoms with Gasteiger partial charge < -0.3 is 12.9 Å². The van der Waals surface area contributed by atoms with Gasteiger partial charge >= 0.3 is 58.4 Å². The van der Waals surface area contributed by atoms with Crippen LogP contribution in [0.2, 0.25) is 0 Å². The fraction of sp³-hybridized carbons (Fsp3) is 0.200. The van der Waals surface area contributed by atoms with Crippen LogP contribution in [0.1, 0.15) is 5.82 Å². The van der Waals surface area contributed by atoms with Crippen molar-refractivity contribution in [1.82, 2.24) is 9.97 Å². The Kier molecular flexibility index (Phi) is 4.93. The van der Waals surface area contributed by atoms with Crippen LogP contribution in [0.15, 0.2) is 12.4 Å². The SMILES string of the molecule is Cc1ncc([B-](F)(F)F)cn1.[K+]. The zero-order valence-corrected chi connectivity index (χ0v) is 9.88. The molecule has 12 heavy (non-hydrogen) atoms. The minimum atomic E-state index is -4.94. The van der Waals surface area contributed by atoms with Gasteiger partial charge in [-0.15, -0.1) is 0 Å². The first-order chi connectivity index (χ1) is 5.00. The van der Waals surface area contributed by atoms with E-state index in [1.165, 1.54) is 6.92 Å². The average Bonchev–Trinajstić information content (AvgIpc) is 1.86. The van der Waals surface area contributed by atoms with Crippen molar-refractivity contribution >= 4 is 12.4 Å². The number of hydrogen-bond donors (Lipinski definition) is 0. The van der Waals surface area contributed by atoms with Gasteiger partial charge in [-0.25, -0.2) is 9.97 Å². The third-order valence-corrected chi connectivity index (χ3v) is 1.18. The number of rotatable bonds is 1. The summed E-state index contributed by atoms with van der Waals surface area (Å²) < 4.78 is 35.7. The summed E-state index contributed by atoms with van der Waals surface area (Å²) in [6.07, 6.45) is 1.59. The second kappa shape index (κ2) is 4.71. The number of aryl methyl sites for hydroxylation is 1. The first-order valence-electron chi connectivity index (χ1n) is 2.98. The van der Waals surface area contributed by atoms with Crippen LogP contribution in [0, 0.1) is 6.92 Å². The first kappa shape index (κ1) is 12.6. The number of aromatic nitrogens is 2. The third kappa shape index (κ3) is 3.53. The maximum Gasteiger partial charge on any atom is 1.00 e. The molecule has 0 aliphatic carbocycles. The van der Waals surface area contributed by atoms with Crippen molar-refractivity contribution in [3.8, 4) is 0 Å². The molecule has 0 aliphatic rings. The smallest absolute Gasteiger partial charge is 0.445 e. The Morgan fingerprint density at radius 1 is 1.17 bits per heavy atom. The Morgan fingerprint density at radius 3 is 1.92 bits per heavy atom. The molecule has 1 aromatic rings. The molecule has 2 nitrogen and oxygen atoms in total. The quantitative estimate of drug-likeness (QED) is 0.483. The molecule has 0 spiro atoms. The zero-order valence-electron chi connectivity index (χ0n) is 6.76. The van der Waals surface area contributed by atoms with Gasteiger partial charge in [0.2, 0.25) is 0 Å². The Morgan fingerprint density at radius 2 is 1.58 bits per heavy atom. The standard InChI is InChI=1S/C5H5BF3N2.K/c1-4-10-2-5(3-11-4)6(7,8)9;/h2-3H,1H3;/q-1;+1. The van der Waals surface area contributed by atoms with Crippen molar-refractivity contribution < 1.29 is 64.3 Å². The molecule has 1 heterocycles. The number of nitrogens with zero attached hydrogens (tertiary/aromatic N) is 2. The van der Waals surface area contributed by atoms with E-state index in [1.54, 1.807) is 0 Å². The van der Waals surface area contributed by atoms with Gasteiger partial charge in [-0.1, -0.05) is 5.46 Å². The first-order valence-corrected chi connectivity index (χ1v) is 2.98. The topological polar surface area (TPSA) is 25.8 Å². The summed E-state index contributed by atoms with van der Waals surface area (Å²) in [4.78, 5) is 6.86. The molecule has 1 rings (SSSR count). The van der Waals surface area contributed by atoms with Crippen LogP contribution in [-0.4, -0.2) is 16.9 Å². The summed E-state index contributed by atoms with van der Waals surface area (Å²) in [6, 6.07) is 0. The molecule has 0 saturated heterocycles. The van der Waals surface area contributed by atoms with E-state index in [-0.39, 0.29) is 51.4 Å². The molecule has 0 bridgehead atoms. The van der Waals surface area contributed by atoms with E-state index in [0.29, 0.717) is 5.82 Å². The second-order valence-corrected chi connectivity index (χ2v) is 2.14. The Balaban J connectivity index is 0.00000121. The van der Waals surface area contributed by atoms with Gasteiger partial charge in [0.05, 0.1) is 0 Å².